The van der Waals surface area contributed by atoms with Crippen molar-refractivity contribution in [2.75, 3.05) is 6.61 Å². The Bertz CT molecular complexity index is 1220. The normalized spacial score (nSPS) is 14.3. The summed E-state index contributed by atoms with van der Waals surface area (Å²) in [5, 5.41) is 0.543. The molecule has 0 spiro atoms. The minimum Gasteiger partial charge on any atom is -0.490 e. The molecule has 6 heteroatoms. The molecule has 3 aromatic rings. The van der Waals surface area contributed by atoms with E-state index in [-0.39, 0.29) is 11.6 Å². The van der Waals surface area contributed by atoms with E-state index in [1.807, 2.05) is 50.2 Å². The molecule has 0 N–H and O–H groups in total. The first kappa shape index (κ1) is 21.7. The topological polar surface area (TPSA) is 57.1 Å². The van der Waals surface area contributed by atoms with Gasteiger partial charge in [-0.1, -0.05) is 53.6 Å². The monoisotopic (exact) mass is 447 g/mol. The first-order valence-electron chi connectivity index (χ1n) is 10.3. The molecule has 1 heterocycles. The minimum atomic E-state index is -0.516. The Morgan fingerprint density at radius 2 is 1.84 bits per heavy atom. The molecule has 4 rings (SSSR count). The standard InChI is InChI=1S/C26H22ClNO4/c1-3-30-24-14-18(10-11-23(24)31-16-19-7-4-6-17(2)12-19)13-22-26(29)32-25(28-22)20-8-5-9-21(27)15-20/h4-15H,3,16H2,1-2H3/b22-13+. The maximum Gasteiger partial charge on any atom is 0.363 e. The van der Waals surface area contributed by atoms with Gasteiger partial charge in [0.25, 0.3) is 0 Å². The average Bonchev–Trinajstić information content (AvgIpc) is 3.14. The number of aryl methyl sites for hydroxylation is 1. The van der Waals surface area contributed by atoms with Gasteiger partial charge in [-0.15, -0.1) is 0 Å². The van der Waals surface area contributed by atoms with Crippen LogP contribution >= 0.6 is 11.6 Å². The van der Waals surface area contributed by atoms with Crippen LogP contribution in [0.15, 0.2) is 77.4 Å². The molecule has 0 amide bonds. The summed E-state index contributed by atoms with van der Waals surface area (Å²) in [5.74, 6) is 0.942. The summed E-state index contributed by atoms with van der Waals surface area (Å²) in [7, 11) is 0. The van der Waals surface area contributed by atoms with E-state index in [1.54, 1.807) is 30.3 Å². The number of carbonyl (C=O) groups is 1. The third-order valence-corrected chi connectivity index (χ3v) is 4.97. The van der Waals surface area contributed by atoms with Crippen molar-refractivity contribution in [3.8, 4) is 11.5 Å². The van der Waals surface area contributed by atoms with Crippen LogP contribution in [0.2, 0.25) is 5.02 Å². The van der Waals surface area contributed by atoms with E-state index in [9.17, 15) is 4.79 Å². The van der Waals surface area contributed by atoms with Gasteiger partial charge >= 0.3 is 5.97 Å². The highest BCUT2D eigenvalue weighted by molar-refractivity contribution is 6.31. The van der Waals surface area contributed by atoms with Gasteiger partial charge < -0.3 is 14.2 Å². The number of halogens is 1. The zero-order chi connectivity index (χ0) is 22.5. The van der Waals surface area contributed by atoms with E-state index in [0.717, 1.165) is 11.1 Å². The van der Waals surface area contributed by atoms with Crippen LogP contribution < -0.4 is 9.47 Å². The minimum absolute atomic E-state index is 0.204. The van der Waals surface area contributed by atoms with E-state index < -0.39 is 5.97 Å². The Morgan fingerprint density at radius 3 is 2.62 bits per heavy atom. The van der Waals surface area contributed by atoms with Crippen LogP contribution in [0.3, 0.4) is 0 Å². The molecular formula is C26H22ClNO4. The van der Waals surface area contributed by atoms with E-state index in [2.05, 4.69) is 11.1 Å². The summed E-state index contributed by atoms with van der Waals surface area (Å²) in [6, 6.07) is 20.7. The molecular weight excluding hydrogens is 426 g/mol. The summed E-state index contributed by atoms with van der Waals surface area (Å²) in [6.07, 6.45) is 1.66. The van der Waals surface area contributed by atoms with Crippen LogP contribution in [-0.2, 0) is 16.1 Å². The van der Waals surface area contributed by atoms with Crippen molar-refractivity contribution >= 4 is 29.5 Å². The molecule has 5 nitrogen and oxygen atoms in total. The molecule has 3 aromatic carbocycles. The molecule has 0 saturated heterocycles. The van der Waals surface area contributed by atoms with Gasteiger partial charge in [0, 0.05) is 10.6 Å². The predicted octanol–water partition coefficient (Wildman–Crippen LogP) is 5.97. The highest BCUT2D eigenvalue weighted by atomic mass is 35.5. The molecule has 0 fully saturated rings. The molecule has 0 atom stereocenters. The number of hydrogen-bond acceptors (Lipinski definition) is 5. The molecule has 0 saturated carbocycles. The molecule has 32 heavy (non-hydrogen) atoms. The van der Waals surface area contributed by atoms with Crippen LogP contribution in [0, 0.1) is 6.92 Å². The van der Waals surface area contributed by atoms with Gasteiger partial charge in [0.15, 0.2) is 17.2 Å². The van der Waals surface area contributed by atoms with Crippen LogP contribution in [0.1, 0.15) is 29.2 Å². The van der Waals surface area contributed by atoms with Crippen LogP contribution in [0.4, 0.5) is 0 Å². The lowest BCUT2D eigenvalue weighted by Gasteiger charge is -2.13. The van der Waals surface area contributed by atoms with E-state index in [1.165, 1.54) is 5.56 Å². The summed E-state index contributed by atoms with van der Waals surface area (Å²) in [6.45, 7) is 4.87. The van der Waals surface area contributed by atoms with Gasteiger partial charge in [0.05, 0.1) is 6.61 Å². The highest BCUT2D eigenvalue weighted by Gasteiger charge is 2.24. The zero-order valence-corrected chi connectivity index (χ0v) is 18.6. The zero-order valence-electron chi connectivity index (χ0n) is 17.8. The van der Waals surface area contributed by atoms with Gasteiger partial charge in [-0.05, 0) is 61.4 Å². The third-order valence-electron chi connectivity index (χ3n) is 4.74. The number of benzene rings is 3. The lowest BCUT2D eigenvalue weighted by molar-refractivity contribution is -0.129. The SMILES string of the molecule is CCOc1cc(/C=C2/N=C(c3cccc(Cl)c3)OC2=O)ccc1OCc1cccc(C)c1. The maximum atomic E-state index is 12.3. The lowest BCUT2D eigenvalue weighted by Crippen LogP contribution is -2.05. The second-order valence-corrected chi connectivity index (χ2v) is 7.70. The van der Waals surface area contributed by atoms with Crippen molar-refractivity contribution in [2.24, 2.45) is 4.99 Å². The molecule has 0 aliphatic carbocycles. The molecule has 1 aliphatic heterocycles. The van der Waals surface area contributed by atoms with Gasteiger partial charge in [-0.2, -0.15) is 0 Å². The number of rotatable bonds is 7. The number of nitrogens with zero attached hydrogens (tertiary/aromatic N) is 1. The highest BCUT2D eigenvalue weighted by Crippen LogP contribution is 2.31. The Balaban J connectivity index is 1.56. The maximum absolute atomic E-state index is 12.3. The fourth-order valence-corrected chi connectivity index (χ4v) is 3.47. The fraction of sp³-hybridized carbons (Fsp3) is 0.154. The second-order valence-electron chi connectivity index (χ2n) is 7.26. The summed E-state index contributed by atoms with van der Waals surface area (Å²) in [5.41, 5.74) is 3.86. The Kier molecular flexibility index (Phi) is 6.57. The first-order chi connectivity index (χ1) is 15.5. The van der Waals surface area contributed by atoms with E-state index >= 15 is 0 Å². The van der Waals surface area contributed by atoms with Gasteiger partial charge in [-0.3, -0.25) is 0 Å². The Labute approximate surface area is 191 Å². The second kappa shape index (κ2) is 9.71. The largest absolute Gasteiger partial charge is 0.490 e. The van der Waals surface area contributed by atoms with Crippen molar-refractivity contribution in [1.82, 2.24) is 0 Å². The fourth-order valence-electron chi connectivity index (χ4n) is 3.28. The molecule has 0 unspecified atom stereocenters. The summed E-state index contributed by atoms with van der Waals surface area (Å²) >= 11 is 6.02. The third kappa shape index (κ3) is 5.18. The number of aliphatic imine (C=N–C) groups is 1. The van der Waals surface area contributed by atoms with Crippen molar-refractivity contribution in [3.63, 3.8) is 0 Å². The van der Waals surface area contributed by atoms with Gasteiger partial charge in [0.2, 0.25) is 5.90 Å². The lowest BCUT2D eigenvalue weighted by atomic mass is 10.1. The number of carbonyl (C=O) groups excluding carboxylic acids is 1. The molecule has 0 radical (unpaired) electrons. The first-order valence-corrected chi connectivity index (χ1v) is 10.6. The van der Waals surface area contributed by atoms with Gasteiger partial charge in [0.1, 0.15) is 6.61 Å². The molecule has 0 aromatic heterocycles. The van der Waals surface area contributed by atoms with Crippen LogP contribution in [0.25, 0.3) is 6.08 Å². The van der Waals surface area contributed by atoms with Crippen molar-refractivity contribution in [2.45, 2.75) is 20.5 Å². The number of ether oxygens (including phenoxy) is 3. The Morgan fingerprint density at radius 1 is 1.00 bits per heavy atom. The van der Waals surface area contributed by atoms with E-state index in [0.29, 0.717) is 35.3 Å². The number of esters is 1. The number of hydrogen-bond donors (Lipinski definition) is 0. The van der Waals surface area contributed by atoms with Crippen molar-refractivity contribution in [3.05, 3.63) is 99.7 Å². The Hall–Kier alpha value is -3.57. The smallest absolute Gasteiger partial charge is 0.363 e. The summed E-state index contributed by atoms with van der Waals surface area (Å²) < 4.78 is 17.1. The van der Waals surface area contributed by atoms with Gasteiger partial charge in [-0.25, -0.2) is 9.79 Å². The van der Waals surface area contributed by atoms with E-state index in [4.69, 9.17) is 25.8 Å². The summed E-state index contributed by atoms with van der Waals surface area (Å²) in [4.78, 5) is 16.7. The predicted molar refractivity (Wildman–Crippen MR) is 125 cm³/mol. The van der Waals surface area contributed by atoms with Crippen LogP contribution in [-0.4, -0.2) is 18.5 Å². The molecule has 0 bridgehead atoms. The quantitative estimate of drug-likeness (QED) is 0.330. The van der Waals surface area contributed by atoms with Crippen molar-refractivity contribution < 1.29 is 19.0 Å². The number of cyclic esters (lactones) is 1. The van der Waals surface area contributed by atoms with Crippen molar-refractivity contribution in [1.29, 1.82) is 0 Å². The molecule has 162 valence electrons. The average molecular weight is 448 g/mol. The molecule has 1 aliphatic rings. The van der Waals surface area contributed by atoms with Crippen LogP contribution in [0.5, 0.6) is 11.5 Å².